The summed E-state index contributed by atoms with van der Waals surface area (Å²) >= 11 is 0. The summed E-state index contributed by atoms with van der Waals surface area (Å²) in [5.41, 5.74) is 0. The average Bonchev–Trinajstić information content (AvgIpc) is 3.19. The second-order valence-corrected chi connectivity index (χ2v) is 17.5. The summed E-state index contributed by atoms with van der Waals surface area (Å²) in [6.07, 6.45) is 49.1. The number of carbonyl (C=O) groups excluding carboxylic acids is 1. The molecule has 0 saturated heterocycles. The van der Waals surface area contributed by atoms with Crippen molar-refractivity contribution >= 4 is 5.91 Å². The molecule has 5 N–H and O–H groups in total. The zero-order valence-corrected chi connectivity index (χ0v) is 37.2. The van der Waals surface area contributed by atoms with Crippen LogP contribution in [0.25, 0.3) is 0 Å². The maximum atomic E-state index is 12.4. The van der Waals surface area contributed by atoms with Crippen LogP contribution < -0.4 is 5.32 Å². The molecule has 0 heterocycles. The number of hydrogen-bond donors (Lipinski definition) is 5. The van der Waals surface area contributed by atoms with E-state index >= 15 is 0 Å². The Hall–Kier alpha value is -0.690. The molecule has 0 aromatic heterocycles. The monoisotopic (exact) mass is 782 g/mol. The van der Waals surface area contributed by atoms with Gasteiger partial charge in [0.2, 0.25) is 5.91 Å². The molecule has 4 unspecified atom stereocenters. The molecule has 0 aromatic rings. The number of unbranched alkanes of at least 4 members (excludes halogenated alkanes) is 37. The standard InChI is InChI=1S/C49H99NO5/c1-3-5-7-9-11-13-14-15-16-17-18-19-20-21-22-23-24-25-26-27-28-29-30-31-32-33-34-35-37-38-40-42-46(52)48(54)45(44-51)50-49(55)47(53)43-41-39-36-12-10-8-6-4-2/h45-48,51-54H,3-44H2,1-2H3,(H,50,55). The van der Waals surface area contributed by atoms with Gasteiger partial charge < -0.3 is 25.7 Å². The first-order valence-electron chi connectivity index (χ1n) is 24.9. The van der Waals surface area contributed by atoms with Gasteiger partial charge in [0.25, 0.3) is 0 Å². The van der Waals surface area contributed by atoms with Crippen molar-refractivity contribution in [2.75, 3.05) is 6.61 Å². The zero-order chi connectivity index (χ0) is 40.3. The minimum atomic E-state index is -1.25. The number of aliphatic hydroxyl groups is 4. The Kier molecular flexibility index (Phi) is 43.9. The lowest BCUT2D eigenvalue weighted by molar-refractivity contribution is -0.132. The maximum Gasteiger partial charge on any atom is 0.249 e. The minimum absolute atomic E-state index is 0.372. The van der Waals surface area contributed by atoms with Crippen LogP contribution in [0.4, 0.5) is 0 Å². The average molecular weight is 782 g/mol. The van der Waals surface area contributed by atoms with Gasteiger partial charge in [0, 0.05) is 0 Å². The molecule has 6 nitrogen and oxygen atoms in total. The summed E-state index contributed by atoms with van der Waals surface area (Å²) in [6.45, 7) is 4.03. The fourth-order valence-electron chi connectivity index (χ4n) is 8.11. The Morgan fingerprint density at radius 2 is 0.618 bits per heavy atom. The lowest BCUT2D eigenvalue weighted by Gasteiger charge is -2.27. The molecule has 4 atom stereocenters. The van der Waals surface area contributed by atoms with Crippen LogP contribution in [0.3, 0.4) is 0 Å². The second kappa shape index (κ2) is 44.4. The molecule has 0 spiro atoms. The summed E-state index contributed by atoms with van der Waals surface area (Å²) in [4.78, 5) is 12.4. The van der Waals surface area contributed by atoms with Crippen molar-refractivity contribution in [2.45, 2.75) is 301 Å². The summed E-state index contributed by atoms with van der Waals surface area (Å²) in [7, 11) is 0. The third-order valence-electron chi connectivity index (χ3n) is 12.1. The zero-order valence-electron chi connectivity index (χ0n) is 37.2. The molecule has 1 amide bonds. The molecule has 0 aliphatic heterocycles. The van der Waals surface area contributed by atoms with E-state index in [0.717, 1.165) is 38.5 Å². The van der Waals surface area contributed by atoms with Crippen molar-refractivity contribution in [1.29, 1.82) is 0 Å². The van der Waals surface area contributed by atoms with Crippen molar-refractivity contribution in [3.63, 3.8) is 0 Å². The first-order valence-corrected chi connectivity index (χ1v) is 24.9. The number of carbonyl (C=O) groups is 1. The maximum absolute atomic E-state index is 12.4. The van der Waals surface area contributed by atoms with Gasteiger partial charge in [-0.1, -0.05) is 264 Å². The van der Waals surface area contributed by atoms with Gasteiger partial charge in [-0.25, -0.2) is 0 Å². The van der Waals surface area contributed by atoms with Crippen molar-refractivity contribution in [2.24, 2.45) is 0 Å². The van der Waals surface area contributed by atoms with Crippen molar-refractivity contribution in [3.05, 3.63) is 0 Å². The van der Waals surface area contributed by atoms with Crippen LogP contribution in [-0.2, 0) is 4.79 Å². The van der Waals surface area contributed by atoms with Gasteiger partial charge in [-0.05, 0) is 12.8 Å². The summed E-state index contributed by atoms with van der Waals surface area (Å²) in [5.74, 6) is -0.584. The molecule has 0 radical (unpaired) electrons. The number of aliphatic hydroxyl groups excluding tert-OH is 4. The van der Waals surface area contributed by atoms with E-state index in [1.54, 1.807) is 0 Å². The van der Waals surface area contributed by atoms with Gasteiger partial charge in [-0.15, -0.1) is 0 Å². The van der Waals surface area contributed by atoms with E-state index in [1.807, 2.05) is 0 Å². The van der Waals surface area contributed by atoms with Crippen LogP contribution >= 0.6 is 0 Å². The summed E-state index contributed by atoms with van der Waals surface area (Å²) in [5, 5.41) is 43.6. The molecule has 55 heavy (non-hydrogen) atoms. The summed E-state index contributed by atoms with van der Waals surface area (Å²) < 4.78 is 0. The van der Waals surface area contributed by atoms with E-state index in [9.17, 15) is 25.2 Å². The van der Waals surface area contributed by atoms with Crippen molar-refractivity contribution < 1.29 is 25.2 Å². The smallest absolute Gasteiger partial charge is 0.249 e. The SMILES string of the molecule is CCCCCCCCCCCCCCCCCCCCCCCCCCCCCCCCCC(O)C(O)C(CO)NC(=O)C(O)CCCCCCCCCC. The van der Waals surface area contributed by atoms with E-state index < -0.39 is 36.9 Å². The van der Waals surface area contributed by atoms with E-state index in [2.05, 4.69) is 19.2 Å². The van der Waals surface area contributed by atoms with Crippen molar-refractivity contribution in [3.8, 4) is 0 Å². The van der Waals surface area contributed by atoms with Crippen LogP contribution in [-0.4, -0.2) is 57.3 Å². The molecule has 0 bridgehead atoms. The van der Waals surface area contributed by atoms with Crippen molar-refractivity contribution in [1.82, 2.24) is 5.32 Å². The predicted molar refractivity (Wildman–Crippen MR) is 238 cm³/mol. The Balaban J connectivity index is 3.48. The minimum Gasteiger partial charge on any atom is -0.394 e. The Labute approximate surface area is 343 Å². The molecule has 0 aliphatic rings. The molecular formula is C49H99NO5. The molecule has 330 valence electrons. The van der Waals surface area contributed by atoms with Gasteiger partial charge in [0.05, 0.1) is 18.8 Å². The highest BCUT2D eigenvalue weighted by Gasteiger charge is 2.28. The number of rotatable bonds is 46. The first-order chi connectivity index (χ1) is 27.0. The van der Waals surface area contributed by atoms with Gasteiger partial charge in [-0.2, -0.15) is 0 Å². The van der Waals surface area contributed by atoms with Gasteiger partial charge in [0.15, 0.2) is 0 Å². The number of hydrogen-bond acceptors (Lipinski definition) is 5. The summed E-state index contributed by atoms with van der Waals surface area (Å²) in [6, 6.07) is -0.978. The quantitative estimate of drug-likeness (QED) is 0.0395. The molecule has 6 heteroatoms. The topological polar surface area (TPSA) is 110 Å². The number of nitrogens with one attached hydrogen (secondary N) is 1. The third kappa shape index (κ3) is 38.6. The highest BCUT2D eigenvalue weighted by atomic mass is 16.3. The van der Waals surface area contributed by atoms with Crippen LogP contribution in [0, 0.1) is 0 Å². The fourth-order valence-corrected chi connectivity index (χ4v) is 8.11. The third-order valence-corrected chi connectivity index (χ3v) is 12.1. The van der Waals surface area contributed by atoms with E-state index in [1.165, 1.54) is 212 Å². The molecular weight excluding hydrogens is 683 g/mol. The Bertz CT molecular complexity index is 751. The number of amides is 1. The predicted octanol–water partition coefficient (Wildman–Crippen LogP) is 13.6. The van der Waals surface area contributed by atoms with Gasteiger partial charge in [0.1, 0.15) is 12.2 Å². The van der Waals surface area contributed by atoms with Crippen LogP contribution in [0.2, 0.25) is 0 Å². The molecule has 0 aliphatic carbocycles. The van der Waals surface area contributed by atoms with E-state index in [4.69, 9.17) is 0 Å². The van der Waals surface area contributed by atoms with E-state index in [0.29, 0.717) is 12.8 Å². The molecule has 0 saturated carbocycles. The van der Waals surface area contributed by atoms with Crippen LogP contribution in [0.5, 0.6) is 0 Å². The van der Waals surface area contributed by atoms with Crippen LogP contribution in [0.1, 0.15) is 277 Å². The van der Waals surface area contributed by atoms with Gasteiger partial charge >= 0.3 is 0 Å². The molecule has 0 aromatic carbocycles. The lowest BCUT2D eigenvalue weighted by atomic mass is 9.99. The highest BCUT2D eigenvalue weighted by molar-refractivity contribution is 5.80. The van der Waals surface area contributed by atoms with E-state index in [-0.39, 0.29) is 0 Å². The first kappa shape index (κ1) is 54.3. The molecule has 0 fully saturated rings. The fraction of sp³-hybridized carbons (Fsp3) is 0.980. The van der Waals surface area contributed by atoms with Gasteiger partial charge in [-0.3, -0.25) is 4.79 Å². The normalized spacial score (nSPS) is 13.9. The largest absolute Gasteiger partial charge is 0.394 e. The van der Waals surface area contributed by atoms with Crippen LogP contribution in [0.15, 0.2) is 0 Å². The highest BCUT2D eigenvalue weighted by Crippen LogP contribution is 2.18. The second-order valence-electron chi connectivity index (χ2n) is 17.5. The molecule has 0 rings (SSSR count). The Morgan fingerprint density at radius 1 is 0.382 bits per heavy atom. The lowest BCUT2D eigenvalue weighted by Crippen LogP contribution is -2.53. The Morgan fingerprint density at radius 3 is 0.873 bits per heavy atom.